The zero-order chi connectivity index (χ0) is 42.8. The van der Waals surface area contributed by atoms with Crippen LogP contribution in [0.1, 0.15) is 79.8 Å². The number of cyclic esters (lactones) is 1. The van der Waals surface area contributed by atoms with Gasteiger partial charge in [0.2, 0.25) is 0 Å². The smallest absolute Gasteiger partial charge is 0.410 e. The second-order valence-corrected chi connectivity index (χ2v) is 17.2. The summed E-state index contributed by atoms with van der Waals surface area (Å²) < 4.78 is 34.6. The van der Waals surface area contributed by atoms with Crippen LogP contribution in [-0.4, -0.2) is 157 Å². The molecule has 326 valence electrons. The number of nitrogens with one attached hydrogen (secondary N) is 1. The third kappa shape index (κ3) is 9.17. The summed E-state index contributed by atoms with van der Waals surface area (Å²) in [6.45, 7) is 14.4. The van der Waals surface area contributed by atoms with E-state index in [9.17, 15) is 19.5 Å². The van der Waals surface area contributed by atoms with Gasteiger partial charge in [-0.3, -0.25) is 19.2 Å². The van der Waals surface area contributed by atoms with Crippen LogP contribution in [0.2, 0.25) is 0 Å². The average Bonchev–Trinajstić information content (AvgIpc) is 3.98. The van der Waals surface area contributed by atoms with Crippen LogP contribution >= 0.6 is 0 Å². The van der Waals surface area contributed by atoms with Gasteiger partial charge in [0.25, 0.3) is 0 Å². The Kier molecular flexibility index (Phi) is 13.8. The number of para-hydroxylation sites is 1. The summed E-state index contributed by atoms with van der Waals surface area (Å²) in [5, 5.41) is 32.0. The van der Waals surface area contributed by atoms with Crippen molar-refractivity contribution in [2.24, 2.45) is 11.8 Å². The van der Waals surface area contributed by atoms with E-state index in [1.165, 1.54) is 6.92 Å². The molecule has 0 radical (unpaired) electrons. The number of benzene rings is 1. The number of esters is 1. The molecule has 5 heterocycles. The Morgan fingerprint density at radius 2 is 1.76 bits per heavy atom. The van der Waals surface area contributed by atoms with Crippen LogP contribution in [0.15, 0.2) is 30.5 Å². The molecule has 6 rings (SSSR count). The van der Waals surface area contributed by atoms with E-state index in [4.69, 9.17) is 23.7 Å². The summed E-state index contributed by atoms with van der Waals surface area (Å²) in [4.78, 5) is 45.6. The standard InChI is InChI=1S/C41H63N9O9/c1-11-32-41(7)35(49(39(54)59-41)19-15-14-18-48-21-28(43-45-48)22-50-30-17-13-12-16-29(30)44-46-50)27(5)42-24(2)20-40(6,55-10)36(25(3)33(51)26(4)37(53)57-32)58-38-34(52)31(23-56-38)47(8)9/h12-13,16-17,21,24-27,31-32,34-36,38,42,52H,11,14-15,18-20,22-23H2,1-10H3/t24-,25+,26-,27+,31-,32+,34-,35-,36-,38+,40+,41-/m1/s1. The molecule has 3 saturated heterocycles. The molecule has 1 amide bonds. The van der Waals surface area contributed by atoms with Crippen molar-refractivity contribution >= 4 is 28.9 Å². The lowest BCUT2D eigenvalue weighted by atomic mass is 9.79. The Balaban J connectivity index is 1.19. The molecule has 0 spiro atoms. The third-order valence-electron chi connectivity index (χ3n) is 12.6. The number of fused-ring (bicyclic) bond motifs is 2. The molecule has 0 bridgehead atoms. The summed E-state index contributed by atoms with van der Waals surface area (Å²) in [6, 6.07) is 6.32. The molecule has 3 aliphatic rings. The largest absolute Gasteiger partial charge is 0.458 e. The summed E-state index contributed by atoms with van der Waals surface area (Å²) in [5.74, 6) is -3.15. The van der Waals surface area contributed by atoms with Gasteiger partial charge in [0.15, 0.2) is 17.7 Å². The van der Waals surface area contributed by atoms with Crippen molar-refractivity contribution < 1.29 is 43.2 Å². The number of carbonyl (C=O) groups is 3. The lowest BCUT2D eigenvalue weighted by Gasteiger charge is -2.45. The first-order chi connectivity index (χ1) is 28.0. The van der Waals surface area contributed by atoms with Crippen molar-refractivity contribution in [3.63, 3.8) is 0 Å². The number of methoxy groups -OCH3 is 1. The van der Waals surface area contributed by atoms with Crippen LogP contribution in [0.3, 0.4) is 0 Å². The van der Waals surface area contributed by atoms with Gasteiger partial charge in [-0.15, -0.1) is 10.2 Å². The number of unbranched alkanes of at least 4 members (excludes halogenated alkanes) is 1. The quantitative estimate of drug-likeness (QED) is 0.154. The predicted octanol–water partition coefficient (Wildman–Crippen LogP) is 2.80. The minimum absolute atomic E-state index is 0.228. The zero-order valence-corrected chi connectivity index (χ0v) is 36.1. The van der Waals surface area contributed by atoms with E-state index in [1.807, 2.05) is 84.1 Å². The van der Waals surface area contributed by atoms with E-state index < -0.39 is 71.5 Å². The molecular formula is C41H63N9O9. The highest BCUT2D eigenvalue weighted by Gasteiger charge is 2.59. The Morgan fingerprint density at radius 1 is 1.03 bits per heavy atom. The van der Waals surface area contributed by atoms with Gasteiger partial charge in [0.1, 0.15) is 29.3 Å². The highest BCUT2D eigenvalue weighted by molar-refractivity contribution is 6.00. The SMILES string of the molecule is CC[C@@H]1OC(=O)[C@H](C)C(=O)[C@H](C)[C@@H](O[C@@H]2OC[C@@H](N(C)C)[C@H]2O)[C@@](C)(OC)C[C@@H](C)N[C@@H](C)[C@H]2N(CCCCn3cc(Cn4nnc5ccccc54)nn3)C(=O)O[C@]12C. The number of ketones is 1. The second-order valence-electron chi connectivity index (χ2n) is 17.2. The number of Topliss-reactive ketones (excluding diaryl/α,β-unsaturated/α-hetero) is 1. The van der Waals surface area contributed by atoms with Crippen molar-refractivity contribution in [3.8, 4) is 0 Å². The predicted molar refractivity (Wildman–Crippen MR) is 215 cm³/mol. The monoisotopic (exact) mass is 825 g/mol. The molecule has 2 aromatic heterocycles. The summed E-state index contributed by atoms with van der Waals surface area (Å²) in [6.07, 6.45) is -0.319. The number of hydrogen-bond donors (Lipinski definition) is 2. The van der Waals surface area contributed by atoms with Crippen molar-refractivity contribution in [2.45, 2.75) is 147 Å². The number of aliphatic hydroxyl groups is 1. The summed E-state index contributed by atoms with van der Waals surface area (Å²) in [5.41, 5.74) is 0.152. The van der Waals surface area contributed by atoms with Crippen LogP contribution in [0, 0.1) is 11.8 Å². The number of rotatable bonds is 12. The van der Waals surface area contributed by atoms with Gasteiger partial charge >= 0.3 is 12.1 Å². The Morgan fingerprint density at radius 3 is 2.46 bits per heavy atom. The molecule has 3 aliphatic heterocycles. The minimum Gasteiger partial charge on any atom is -0.458 e. The molecule has 18 nitrogen and oxygen atoms in total. The number of aliphatic hydroxyl groups excluding tert-OH is 1. The van der Waals surface area contributed by atoms with Crippen LogP contribution in [0.4, 0.5) is 4.79 Å². The lowest BCUT2D eigenvalue weighted by molar-refractivity contribution is -0.238. The zero-order valence-electron chi connectivity index (χ0n) is 36.1. The van der Waals surface area contributed by atoms with Gasteiger partial charge in [-0.1, -0.05) is 36.4 Å². The first-order valence-corrected chi connectivity index (χ1v) is 20.8. The highest BCUT2D eigenvalue weighted by atomic mass is 16.7. The maximum Gasteiger partial charge on any atom is 0.410 e. The fourth-order valence-corrected chi connectivity index (χ4v) is 9.36. The molecule has 12 atom stereocenters. The molecule has 59 heavy (non-hydrogen) atoms. The Labute approximate surface area is 346 Å². The fraction of sp³-hybridized carbons (Fsp3) is 0.732. The van der Waals surface area contributed by atoms with E-state index in [0.717, 1.165) is 16.7 Å². The van der Waals surface area contributed by atoms with Gasteiger partial charge < -0.3 is 39.0 Å². The third-order valence-corrected chi connectivity index (χ3v) is 12.6. The number of aromatic nitrogens is 6. The summed E-state index contributed by atoms with van der Waals surface area (Å²) >= 11 is 0. The first-order valence-electron chi connectivity index (χ1n) is 20.8. The van der Waals surface area contributed by atoms with Gasteiger partial charge in [-0.25, -0.2) is 9.48 Å². The van der Waals surface area contributed by atoms with E-state index in [-0.39, 0.29) is 24.7 Å². The molecule has 0 saturated carbocycles. The van der Waals surface area contributed by atoms with Crippen LogP contribution in [0.5, 0.6) is 0 Å². The van der Waals surface area contributed by atoms with Crippen molar-refractivity contribution in [3.05, 3.63) is 36.2 Å². The maximum atomic E-state index is 14.2. The number of aryl methyl sites for hydroxylation is 1. The molecule has 0 aliphatic carbocycles. The molecule has 3 aromatic rings. The average molecular weight is 826 g/mol. The van der Waals surface area contributed by atoms with Gasteiger partial charge in [-0.05, 0) is 86.5 Å². The molecule has 2 N–H and O–H groups in total. The Hall–Kier alpha value is -4.07. The van der Waals surface area contributed by atoms with E-state index in [0.29, 0.717) is 45.3 Å². The lowest BCUT2D eigenvalue weighted by Crippen LogP contribution is -2.62. The van der Waals surface area contributed by atoms with Gasteiger partial charge in [0, 0.05) is 38.2 Å². The van der Waals surface area contributed by atoms with Gasteiger partial charge in [0.05, 0.1) is 48.7 Å². The molecule has 1 aromatic carbocycles. The normalized spacial score (nSPS) is 34.9. The van der Waals surface area contributed by atoms with E-state index in [2.05, 4.69) is 25.9 Å². The number of carbonyl (C=O) groups excluding carboxylic acids is 3. The number of nitrogens with zero attached hydrogens (tertiary/aromatic N) is 8. The second kappa shape index (κ2) is 18.3. The van der Waals surface area contributed by atoms with Crippen LogP contribution in [-0.2, 0) is 46.4 Å². The van der Waals surface area contributed by atoms with Crippen molar-refractivity contribution in [1.29, 1.82) is 0 Å². The first kappa shape index (κ1) is 44.5. The number of hydrogen-bond acceptors (Lipinski definition) is 15. The Bertz CT molecular complexity index is 1920. The number of likely N-dealkylation sites (N-methyl/N-ethyl adjacent to an activating group) is 1. The summed E-state index contributed by atoms with van der Waals surface area (Å²) in [7, 11) is 5.27. The number of ether oxygens (including phenoxy) is 5. The molecule has 0 unspecified atom stereocenters. The van der Waals surface area contributed by atoms with E-state index in [1.54, 1.807) is 28.3 Å². The molecular weight excluding hydrogens is 763 g/mol. The van der Waals surface area contributed by atoms with Crippen LogP contribution in [0.25, 0.3) is 11.0 Å². The topological polar surface area (TPSA) is 198 Å². The maximum absolute atomic E-state index is 14.2. The van der Waals surface area contributed by atoms with Crippen LogP contribution < -0.4 is 5.32 Å². The van der Waals surface area contributed by atoms with Crippen molar-refractivity contribution in [1.82, 2.24) is 45.1 Å². The van der Waals surface area contributed by atoms with Crippen molar-refractivity contribution in [2.75, 3.05) is 34.4 Å². The fourth-order valence-electron chi connectivity index (χ4n) is 9.36. The molecule has 3 fully saturated rings. The minimum atomic E-state index is -1.24. The number of amides is 1. The van der Waals surface area contributed by atoms with E-state index >= 15 is 0 Å². The van der Waals surface area contributed by atoms with Gasteiger partial charge in [-0.2, -0.15) is 0 Å². The highest BCUT2D eigenvalue weighted by Crippen LogP contribution is 2.40. The molecule has 18 heteroatoms.